The summed E-state index contributed by atoms with van der Waals surface area (Å²) in [5.41, 5.74) is 0. The summed E-state index contributed by atoms with van der Waals surface area (Å²) in [6.07, 6.45) is -8.60. The average molecular weight is 352 g/mol. The standard InChI is InChI=1S/C15H28O9/c1-6-8(16)11(9(17)14(18)22-6)24-15-13(21-5)12(20-4)10(19-3)7(2)23-15/h6-18H,1-5H3/t6-,7-,8-,9+,10+,11+,12+,13-,14+,15-/m0/s1. The lowest BCUT2D eigenvalue weighted by Gasteiger charge is -2.47. The first-order valence-corrected chi connectivity index (χ1v) is 7.94. The summed E-state index contributed by atoms with van der Waals surface area (Å²) in [5, 5.41) is 30.1. The molecule has 0 aromatic heterocycles. The SMILES string of the molecule is CO[C@H]1[C@H](OC)[C@H](O[C@@H]2[C@@H](O)[C@H](C)O[C@@H](O)[C@@H]2O)O[C@@H](C)[C@H]1OC. The van der Waals surface area contributed by atoms with E-state index in [2.05, 4.69) is 0 Å². The van der Waals surface area contributed by atoms with Crippen LogP contribution in [0.15, 0.2) is 0 Å². The van der Waals surface area contributed by atoms with Crippen LogP contribution < -0.4 is 0 Å². The second kappa shape index (κ2) is 8.35. The molecule has 0 aromatic carbocycles. The van der Waals surface area contributed by atoms with E-state index in [1.807, 2.05) is 0 Å². The lowest BCUT2D eigenvalue weighted by molar-refractivity contribution is -0.354. The number of ether oxygens (including phenoxy) is 6. The molecule has 10 atom stereocenters. The minimum Gasteiger partial charge on any atom is -0.388 e. The fraction of sp³-hybridized carbons (Fsp3) is 1.00. The first-order chi connectivity index (χ1) is 11.3. The summed E-state index contributed by atoms with van der Waals surface area (Å²) in [6, 6.07) is 0. The summed E-state index contributed by atoms with van der Waals surface area (Å²) in [4.78, 5) is 0. The molecule has 0 aliphatic carbocycles. The second-order valence-corrected chi connectivity index (χ2v) is 6.12. The van der Waals surface area contributed by atoms with Crippen LogP contribution in [-0.2, 0) is 28.4 Å². The van der Waals surface area contributed by atoms with Gasteiger partial charge in [-0.05, 0) is 13.8 Å². The van der Waals surface area contributed by atoms with Gasteiger partial charge in [0.2, 0.25) is 0 Å². The van der Waals surface area contributed by atoms with E-state index in [-0.39, 0.29) is 12.2 Å². The molecule has 2 fully saturated rings. The summed E-state index contributed by atoms with van der Waals surface area (Å²) >= 11 is 0. The Morgan fingerprint density at radius 1 is 0.667 bits per heavy atom. The van der Waals surface area contributed by atoms with Crippen molar-refractivity contribution in [1.29, 1.82) is 0 Å². The maximum absolute atomic E-state index is 10.2. The zero-order valence-electron chi connectivity index (χ0n) is 14.6. The van der Waals surface area contributed by atoms with Gasteiger partial charge in [0.1, 0.15) is 36.6 Å². The fourth-order valence-corrected chi connectivity index (χ4v) is 3.25. The predicted molar refractivity (Wildman–Crippen MR) is 80.2 cm³/mol. The van der Waals surface area contributed by atoms with Crippen molar-refractivity contribution in [3.05, 3.63) is 0 Å². The van der Waals surface area contributed by atoms with E-state index in [0.29, 0.717) is 0 Å². The van der Waals surface area contributed by atoms with E-state index in [9.17, 15) is 15.3 Å². The van der Waals surface area contributed by atoms with E-state index < -0.39 is 49.2 Å². The number of methoxy groups -OCH3 is 3. The Kier molecular flexibility index (Phi) is 6.94. The first-order valence-electron chi connectivity index (χ1n) is 7.94. The predicted octanol–water partition coefficient (Wildman–Crippen LogP) is -1.38. The molecule has 2 heterocycles. The van der Waals surface area contributed by atoms with Crippen LogP contribution in [0.3, 0.4) is 0 Å². The van der Waals surface area contributed by atoms with Crippen molar-refractivity contribution in [3.8, 4) is 0 Å². The van der Waals surface area contributed by atoms with Crippen LogP contribution in [0.4, 0.5) is 0 Å². The minimum atomic E-state index is -1.46. The second-order valence-electron chi connectivity index (χ2n) is 6.12. The van der Waals surface area contributed by atoms with Crippen LogP contribution in [0.2, 0.25) is 0 Å². The Labute approximate surface area is 141 Å². The molecule has 0 aromatic rings. The lowest BCUT2D eigenvalue weighted by Crippen LogP contribution is -2.63. The van der Waals surface area contributed by atoms with Crippen molar-refractivity contribution >= 4 is 0 Å². The third-order valence-corrected chi connectivity index (χ3v) is 4.64. The minimum absolute atomic E-state index is 0.367. The van der Waals surface area contributed by atoms with Gasteiger partial charge in [-0.2, -0.15) is 0 Å². The zero-order chi connectivity index (χ0) is 18.0. The monoisotopic (exact) mass is 352 g/mol. The molecule has 0 radical (unpaired) electrons. The largest absolute Gasteiger partial charge is 0.388 e. The van der Waals surface area contributed by atoms with Gasteiger partial charge in [0.05, 0.1) is 12.2 Å². The number of rotatable bonds is 5. The number of aliphatic hydroxyl groups is 3. The van der Waals surface area contributed by atoms with Gasteiger partial charge in [0, 0.05) is 21.3 Å². The van der Waals surface area contributed by atoms with Crippen molar-refractivity contribution in [2.45, 2.75) is 75.3 Å². The number of hydrogen-bond acceptors (Lipinski definition) is 9. The molecule has 3 N–H and O–H groups in total. The quantitative estimate of drug-likeness (QED) is 0.550. The Bertz CT molecular complexity index is 381. The van der Waals surface area contributed by atoms with Crippen molar-refractivity contribution in [2.75, 3.05) is 21.3 Å². The molecule has 9 nitrogen and oxygen atoms in total. The maximum atomic E-state index is 10.2. The molecule has 0 amide bonds. The van der Waals surface area contributed by atoms with Crippen molar-refractivity contribution < 1.29 is 43.7 Å². The molecule has 24 heavy (non-hydrogen) atoms. The van der Waals surface area contributed by atoms with Gasteiger partial charge in [0.15, 0.2) is 12.6 Å². The molecule has 2 rings (SSSR count). The molecule has 2 aliphatic rings. The van der Waals surface area contributed by atoms with E-state index in [4.69, 9.17) is 28.4 Å². The summed E-state index contributed by atoms with van der Waals surface area (Å²) in [5.74, 6) is 0. The van der Waals surface area contributed by atoms with Crippen molar-refractivity contribution in [1.82, 2.24) is 0 Å². The zero-order valence-corrected chi connectivity index (χ0v) is 14.6. The van der Waals surface area contributed by atoms with Gasteiger partial charge in [-0.3, -0.25) is 0 Å². The summed E-state index contributed by atoms with van der Waals surface area (Å²) in [6.45, 7) is 3.38. The Balaban J connectivity index is 2.17. The average Bonchev–Trinajstić information content (AvgIpc) is 2.56. The van der Waals surface area contributed by atoms with E-state index >= 15 is 0 Å². The van der Waals surface area contributed by atoms with E-state index in [0.717, 1.165) is 0 Å². The van der Waals surface area contributed by atoms with Crippen LogP contribution in [-0.4, -0.2) is 98.1 Å². The number of hydrogen-bond donors (Lipinski definition) is 3. The van der Waals surface area contributed by atoms with E-state index in [1.54, 1.807) is 21.0 Å². The molecular formula is C15H28O9. The highest BCUT2D eigenvalue weighted by Crippen LogP contribution is 2.31. The van der Waals surface area contributed by atoms with Crippen LogP contribution >= 0.6 is 0 Å². The van der Waals surface area contributed by atoms with Gasteiger partial charge in [-0.15, -0.1) is 0 Å². The molecule has 9 heteroatoms. The van der Waals surface area contributed by atoms with Crippen LogP contribution in [0, 0.1) is 0 Å². The third-order valence-electron chi connectivity index (χ3n) is 4.64. The van der Waals surface area contributed by atoms with Crippen molar-refractivity contribution in [3.63, 3.8) is 0 Å². The fourth-order valence-electron chi connectivity index (χ4n) is 3.25. The number of aliphatic hydroxyl groups excluding tert-OH is 3. The highest BCUT2D eigenvalue weighted by atomic mass is 16.7. The molecule has 0 saturated carbocycles. The van der Waals surface area contributed by atoms with Gasteiger partial charge in [-0.1, -0.05) is 0 Å². The van der Waals surface area contributed by atoms with Crippen LogP contribution in [0.1, 0.15) is 13.8 Å². The molecule has 0 bridgehead atoms. The first kappa shape index (κ1) is 20.0. The van der Waals surface area contributed by atoms with Crippen LogP contribution in [0.25, 0.3) is 0 Å². The smallest absolute Gasteiger partial charge is 0.187 e. The lowest BCUT2D eigenvalue weighted by atomic mass is 9.97. The highest BCUT2D eigenvalue weighted by molar-refractivity contribution is 4.93. The van der Waals surface area contributed by atoms with Gasteiger partial charge >= 0.3 is 0 Å². The molecule has 0 unspecified atom stereocenters. The molecule has 142 valence electrons. The Morgan fingerprint density at radius 3 is 1.79 bits per heavy atom. The summed E-state index contributed by atoms with van der Waals surface area (Å²) in [7, 11) is 4.56. The highest BCUT2D eigenvalue weighted by Gasteiger charge is 2.50. The molecular weight excluding hydrogens is 324 g/mol. The molecule has 2 aliphatic heterocycles. The molecule has 0 spiro atoms. The Hall–Kier alpha value is -0.360. The van der Waals surface area contributed by atoms with Gasteiger partial charge < -0.3 is 43.7 Å². The van der Waals surface area contributed by atoms with Gasteiger partial charge in [-0.25, -0.2) is 0 Å². The topological polar surface area (TPSA) is 116 Å². The normalized spacial score (nSPS) is 50.0. The van der Waals surface area contributed by atoms with Crippen LogP contribution in [0.5, 0.6) is 0 Å². The third kappa shape index (κ3) is 3.74. The molecule has 2 saturated heterocycles. The van der Waals surface area contributed by atoms with Crippen molar-refractivity contribution in [2.24, 2.45) is 0 Å². The Morgan fingerprint density at radius 2 is 1.25 bits per heavy atom. The maximum Gasteiger partial charge on any atom is 0.187 e. The van der Waals surface area contributed by atoms with E-state index in [1.165, 1.54) is 14.2 Å². The summed E-state index contributed by atoms with van der Waals surface area (Å²) < 4.78 is 32.9. The van der Waals surface area contributed by atoms with Gasteiger partial charge in [0.25, 0.3) is 0 Å².